The summed E-state index contributed by atoms with van der Waals surface area (Å²) in [6, 6.07) is 9.75. The zero-order valence-electron chi connectivity index (χ0n) is 15.5. The number of thiazole rings is 1. The van der Waals surface area contributed by atoms with E-state index in [1.807, 2.05) is 47.5 Å². The predicted octanol–water partition coefficient (Wildman–Crippen LogP) is 3.13. The zero-order valence-corrected chi connectivity index (χ0v) is 16.4. The molecule has 1 aliphatic heterocycles. The fraction of sp³-hybridized carbons (Fsp3) is 0.300. The molecule has 3 aromatic rings. The van der Waals surface area contributed by atoms with Gasteiger partial charge in [0.25, 0.3) is 5.91 Å². The number of anilines is 1. The van der Waals surface area contributed by atoms with Crippen molar-refractivity contribution in [2.45, 2.75) is 19.8 Å². The summed E-state index contributed by atoms with van der Waals surface area (Å²) in [7, 11) is 0. The topological polar surface area (TPSA) is 80.1 Å². The van der Waals surface area contributed by atoms with Gasteiger partial charge in [-0.25, -0.2) is 9.67 Å². The van der Waals surface area contributed by atoms with E-state index in [0.29, 0.717) is 36.6 Å². The number of likely N-dealkylation sites (tertiary alicyclic amines) is 1. The van der Waals surface area contributed by atoms with Crippen LogP contribution in [-0.2, 0) is 4.79 Å². The summed E-state index contributed by atoms with van der Waals surface area (Å²) in [5, 5.41) is 9.68. The second kappa shape index (κ2) is 7.93. The average Bonchev–Trinajstić information content (AvgIpc) is 3.38. The van der Waals surface area contributed by atoms with Gasteiger partial charge in [-0.3, -0.25) is 9.59 Å². The summed E-state index contributed by atoms with van der Waals surface area (Å²) < 4.78 is 1.78. The second-order valence-corrected chi connectivity index (χ2v) is 7.68. The number of carbonyl (C=O) groups is 2. The van der Waals surface area contributed by atoms with Gasteiger partial charge in [-0.1, -0.05) is 18.2 Å². The lowest BCUT2D eigenvalue weighted by molar-refractivity contribution is -0.121. The van der Waals surface area contributed by atoms with Crippen molar-refractivity contribution < 1.29 is 9.59 Å². The SMILES string of the molecule is Cc1c(C(=O)N2CCC(C(=O)Nc3nccs3)CC2)cnn1-c1ccccc1. The third-order valence-corrected chi connectivity index (χ3v) is 5.74. The fourth-order valence-electron chi connectivity index (χ4n) is 3.46. The number of piperidine rings is 1. The summed E-state index contributed by atoms with van der Waals surface area (Å²) >= 11 is 1.40. The molecule has 1 saturated heterocycles. The van der Waals surface area contributed by atoms with Crippen molar-refractivity contribution in [2.24, 2.45) is 5.92 Å². The third kappa shape index (κ3) is 3.68. The molecule has 0 radical (unpaired) electrons. The summed E-state index contributed by atoms with van der Waals surface area (Å²) in [5.41, 5.74) is 2.35. The molecule has 0 saturated carbocycles. The number of nitrogens with zero attached hydrogens (tertiary/aromatic N) is 4. The highest BCUT2D eigenvalue weighted by Gasteiger charge is 2.29. The molecule has 0 atom stereocenters. The molecule has 1 aliphatic rings. The van der Waals surface area contributed by atoms with Crippen molar-refractivity contribution in [3.8, 4) is 5.69 Å². The van der Waals surface area contributed by atoms with Gasteiger partial charge in [-0.05, 0) is 31.9 Å². The second-order valence-electron chi connectivity index (χ2n) is 6.78. The minimum atomic E-state index is -0.0962. The van der Waals surface area contributed by atoms with E-state index < -0.39 is 0 Å². The lowest BCUT2D eigenvalue weighted by atomic mass is 9.95. The van der Waals surface area contributed by atoms with Gasteiger partial charge in [0.1, 0.15) is 0 Å². The van der Waals surface area contributed by atoms with Gasteiger partial charge in [-0.2, -0.15) is 5.10 Å². The molecule has 0 bridgehead atoms. The Kier molecular flexibility index (Phi) is 5.21. The molecule has 4 rings (SSSR count). The minimum Gasteiger partial charge on any atom is -0.338 e. The normalized spacial score (nSPS) is 14.8. The molecule has 1 aromatic carbocycles. The van der Waals surface area contributed by atoms with Gasteiger partial charge in [0.2, 0.25) is 5.91 Å². The van der Waals surface area contributed by atoms with Crippen LogP contribution in [0.25, 0.3) is 5.69 Å². The summed E-state index contributed by atoms with van der Waals surface area (Å²) in [6.45, 7) is 3.02. The van der Waals surface area contributed by atoms with Crippen LogP contribution in [0.15, 0.2) is 48.1 Å². The number of aromatic nitrogens is 3. The highest BCUT2D eigenvalue weighted by atomic mass is 32.1. The van der Waals surface area contributed by atoms with Crippen molar-refractivity contribution in [1.82, 2.24) is 19.7 Å². The van der Waals surface area contributed by atoms with Gasteiger partial charge >= 0.3 is 0 Å². The first kappa shape index (κ1) is 18.4. The van der Waals surface area contributed by atoms with Gasteiger partial charge in [0.05, 0.1) is 23.1 Å². The van der Waals surface area contributed by atoms with Crippen LogP contribution >= 0.6 is 11.3 Å². The maximum Gasteiger partial charge on any atom is 0.257 e. The highest BCUT2D eigenvalue weighted by molar-refractivity contribution is 7.13. The zero-order chi connectivity index (χ0) is 19.5. The van der Waals surface area contributed by atoms with Crippen LogP contribution in [0.5, 0.6) is 0 Å². The standard InChI is InChI=1S/C20H21N5O2S/c1-14-17(13-22-25(14)16-5-3-2-4-6-16)19(27)24-10-7-15(8-11-24)18(26)23-20-21-9-12-28-20/h2-6,9,12-13,15H,7-8,10-11H2,1H3,(H,21,23,26). The summed E-state index contributed by atoms with van der Waals surface area (Å²) in [4.78, 5) is 31.2. The minimum absolute atomic E-state index is 0.0184. The molecule has 2 amide bonds. The first-order valence-electron chi connectivity index (χ1n) is 9.23. The fourth-order valence-corrected chi connectivity index (χ4v) is 3.99. The Labute approximate surface area is 167 Å². The largest absolute Gasteiger partial charge is 0.338 e. The van der Waals surface area contributed by atoms with E-state index in [-0.39, 0.29) is 17.7 Å². The Morgan fingerprint density at radius 1 is 1.18 bits per heavy atom. The lowest BCUT2D eigenvalue weighted by Gasteiger charge is -2.31. The first-order chi connectivity index (χ1) is 13.6. The van der Waals surface area contributed by atoms with Gasteiger partial charge in [0.15, 0.2) is 5.13 Å². The van der Waals surface area contributed by atoms with E-state index in [0.717, 1.165) is 11.4 Å². The van der Waals surface area contributed by atoms with Gasteiger partial charge in [-0.15, -0.1) is 11.3 Å². The number of carbonyl (C=O) groups excluding carboxylic acids is 2. The maximum absolute atomic E-state index is 13.0. The molecule has 144 valence electrons. The average molecular weight is 395 g/mol. The van der Waals surface area contributed by atoms with E-state index in [2.05, 4.69) is 15.4 Å². The smallest absolute Gasteiger partial charge is 0.257 e. The van der Waals surface area contributed by atoms with Crippen molar-refractivity contribution in [3.63, 3.8) is 0 Å². The lowest BCUT2D eigenvalue weighted by Crippen LogP contribution is -2.41. The number of hydrogen-bond donors (Lipinski definition) is 1. The van der Waals surface area contributed by atoms with Gasteiger partial charge < -0.3 is 10.2 Å². The number of benzene rings is 1. The Hall–Kier alpha value is -3.00. The van der Waals surface area contributed by atoms with Crippen LogP contribution in [0.3, 0.4) is 0 Å². The Morgan fingerprint density at radius 3 is 2.61 bits per heavy atom. The number of nitrogens with one attached hydrogen (secondary N) is 1. The van der Waals surface area contributed by atoms with Crippen molar-refractivity contribution in [3.05, 3.63) is 59.4 Å². The Morgan fingerprint density at radius 2 is 1.93 bits per heavy atom. The van der Waals surface area contributed by atoms with E-state index in [4.69, 9.17) is 0 Å². The molecule has 0 spiro atoms. The number of rotatable bonds is 4. The summed E-state index contributed by atoms with van der Waals surface area (Å²) in [6.07, 6.45) is 4.59. The molecule has 3 heterocycles. The highest BCUT2D eigenvalue weighted by Crippen LogP contribution is 2.23. The Bertz CT molecular complexity index is 960. The first-order valence-corrected chi connectivity index (χ1v) is 10.1. The molecule has 7 nitrogen and oxygen atoms in total. The molecule has 28 heavy (non-hydrogen) atoms. The number of amides is 2. The number of para-hydroxylation sites is 1. The molecule has 2 aromatic heterocycles. The van der Waals surface area contributed by atoms with E-state index >= 15 is 0 Å². The van der Waals surface area contributed by atoms with Crippen LogP contribution in [0.4, 0.5) is 5.13 Å². The van der Waals surface area contributed by atoms with Gasteiger partial charge in [0, 0.05) is 30.6 Å². The molecular formula is C20H21N5O2S. The van der Waals surface area contributed by atoms with E-state index in [1.54, 1.807) is 17.1 Å². The van der Waals surface area contributed by atoms with Crippen LogP contribution in [0.1, 0.15) is 28.9 Å². The predicted molar refractivity (Wildman–Crippen MR) is 108 cm³/mol. The third-order valence-electron chi connectivity index (χ3n) is 5.06. The monoisotopic (exact) mass is 395 g/mol. The van der Waals surface area contributed by atoms with Crippen molar-refractivity contribution >= 4 is 28.3 Å². The summed E-state index contributed by atoms with van der Waals surface area (Å²) in [5.74, 6) is -0.144. The van der Waals surface area contributed by atoms with Crippen LogP contribution in [0, 0.1) is 12.8 Å². The quantitative estimate of drug-likeness (QED) is 0.736. The van der Waals surface area contributed by atoms with Crippen LogP contribution < -0.4 is 5.32 Å². The Balaban J connectivity index is 1.39. The van der Waals surface area contributed by atoms with E-state index in [9.17, 15) is 9.59 Å². The number of hydrogen-bond acceptors (Lipinski definition) is 5. The van der Waals surface area contributed by atoms with Crippen LogP contribution in [0.2, 0.25) is 0 Å². The molecular weight excluding hydrogens is 374 g/mol. The molecule has 1 fully saturated rings. The molecule has 8 heteroatoms. The molecule has 0 unspecified atom stereocenters. The van der Waals surface area contributed by atoms with Crippen molar-refractivity contribution in [2.75, 3.05) is 18.4 Å². The van der Waals surface area contributed by atoms with Crippen LogP contribution in [-0.4, -0.2) is 44.6 Å². The van der Waals surface area contributed by atoms with Crippen molar-refractivity contribution in [1.29, 1.82) is 0 Å². The molecule has 1 N–H and O–H groups in total. The maximum atomic E-state index is 13.0. The van der Waals surface area contributed by atoms with E-state index in [1.165, 1.54) is 11.3 Å². The molecule has 0 aliphatic carbocycles.